The molecule has 0 heterocycles. The molecule has 0 bridgehead atoms. The highest BCUT2D eigenvalue weighted by atomic mass is 79.9. The molecule has 0 aliphatic rings. The van der Waals surface area contributed by atoms with Crippen molar-refractivity contribution in [3.8, 4) is 0 Å². The van der Waals surface area contributed by atoms with Crippen molar-refractivity contribution < 1.29 is 1.37 Å². The van der Waals surface area contributed by atoms with Crippen molar-refractivity contribution in [1.82, 2.24) is 0 Å². The molecule has 42 valence electrons. The highest BCUT2D eigenvalue weighted by molar-refractivity contribution is 9.10. The minimum Gasteiger partial charge on any atom is -0.0843 e. The third kappa shape index (κ3) is 1.49. The zero-order chi connectivity index (χ0) is 6.85. The summed E-state index contributed by atoms with van der Waals surface area (Å²) in [6.07, 6.45) is 0. The summed E-state index contributed by atoms with van der Waals surface area (Å²) in [5, 5.41) is 0.600. The SMILES string of the molecule is [2H]c1cc(Cl)ccc1Br. The predicted molar refractivity (Wildman–Crippen MR) is 39.2 cm³/mol. The molecule has 8 heavy (non-hydrogen) atoms. The fourth-order valence-electron chi connectivity index (χ4n) is 0.387. The molecule has 0 N–H and O–H groups in total. The van der Waals surface area contributed by atoms with Crippen LogP contribution in [0, 0.1) is 0 Å². The minimum absolute atomic E-state index is 0.419. The minimum atomic E-state index is 0.419. The van der Waals surface area contributed by atoms with E-state index in [0.717, 1.165) is 4.47 Å². The largest absolute Gasteiger partial charge is 0.0843 e. The fourth-order valence-corrected chi connectivity index (χ4v) is 0.751. The molecule has 0 aliphatic heterocycles. The van der Waals surface area contributed by atoms with E-state index in [1.54, 1.807) is 18.2 Å². The van der Waals surface area contributed by atoms with Gasteiger partial charge < -0.3 is 0 Å². The third-order valence-electron chi connectivity index (χ3n) is 0.737. The van der Waals surface area contributed by atoms with Crippen molar-refractivity contribution in [2.45, 2.75) is 0 Å². The summed E-state index contributed by atoms with van der Waals surface area (Å²) in [6, 6.07) is 5.50. The van der Waals surface area contributed by atoms with E-state index in [9.17, 15) is 0 Å². The molecule has 0 atom stereocenters. The first kappa shape index (κ1) is 4.83. The van der Waals surface area contributed by atoms with Crippen molar-refractivity contribution >= 4 is 27.5 Å². The van der Waals surface area contributed by atoms with Crippen LogP contribution in [-0.4, -0.2) is 0 Å². The van der Waals surface area contributed by atoms with Crippen LogP contribution in [0.1, 0.15) is 1.37 Å². The van der Waals surface area contributed by atoms with Crippen LogP contribution in [0.3, 0.4) is 0 Å². The van der Waals surface area contributed by atoms with Gasteiger partial charge in [0.25, 0.3) is 0 Å². The van der Waals surface area contributed by atoms with E-state index in [2.05, 4.69) is 15.9 Å². The maximum absolute atomic E-state index is 7.23. The summed E-state index contributed by atoms with van der Waals surface area (Å²) in [4.78, 5) is 0. The Bertz CT molecular complexity index is 224. The van der Waals surface area contributed by atoms with Crippen molar-refractivity contribution in [2.24, 2.45) is 0 Å². The highest BCUT2D eigenvalue weighted by Gasteiger charge is 1.83. The van der Waals surface area contributed by atoms with Gasteiger partial charge >= 0.3 is 0 Å². The fraction of sp³-hybridized carbons (Fsp3) is 0. The number of hydrogen-bond donors (Lipinski definition) is 0. The van der Waals surface area contributed by atoms with Crippen molar-refractivity contribution in [3.63, 3.8) is 0 Å². The Morgan fingerprint density at radius 2 is 2.25 bits per heavy atom. The van der Waals surface area contributed by atoms with Crippen LogP contribution in [0.15, 0.2) is 28.7 Å². The first-order valence-corrected chi connectivity index (χ1v) is 3.29. The number of rotatable bonds is 0. The number of hydrogen-bond acceptors (Lipinski definition) is 0. The van der Waals surface area contributed by atoms with E-state index in [1.165, 1.54) is 0 Å². The zero-order valence-corrected chi connectivity index (χ0v) is 6.33. The van der Waals surface area contributed by atoms with Crippen LogP contribution >= 0.6 is 27.5 Å². The van der Waals surface area contributed by atoms with E-state index in [-0.39, 0.29) is 0 Å². The molecule has 0 aliphatic carbocycles. The highest BCUT2D eigenvalue weighted by Crippen LogP contribution is 2.13. The van der Waals surface area contributed by atoms with Gasteiger partial charge in [0.1, 0.15) is 0 Å². The van der Waals surface area contributed by atoms with Gasteiger partial charge in [0.2, 0.25) is 0 Å². The second kappa shape index (κ2) is 2.51. The maximum Gasteiger partial charge on any atom is 0.0635 e. The lowest BCUT2D eigenvalue weighted by atomic mass is 10.4. The zero-order valence-electron chi connectivity index (χ0n) is 4.99. The van der Waals surface area contributed by atoms with E-state index < -0.39 is 0 Å². The van der Waals surface area contributed by atoms with Gasteiger partial charge in [-0.05, 0) is 24.2 Å². The molecule has 0 aromatic heterocycles. The first-order chi connectivity index (χ1) is 4.20. The van der Waals surface area contributed by atoms with E-state index >= 15 is 0 Å². The summed E-state index contributed by atoms with van der Waals surface area (Å²) < 4.78 is 8.00. The molecule has 1 rings (SSSR count). The van der Waals surface area contributed by atoms with Crippen molar-refractivity contribution in [3.05, 3.63) is 33.7 Å². The van der Waals surface area contributed by atoms with Gasteiger partial charge in [-0.15, -0.1) is 0 Å². The average molecular weight is 192 g/mol. The Hall–Kier alpha value is -0.0100. The molecule has 2 heteroatoms. The van der Waals surface area contributed by atoms with E-state index in [0.29, 0.717) is 11.1 Å². The quantitative estimate of drug-likeness (QED) is 0.592. The van der Waals surface area contributed by atoms with Crippen LogP contribution in [0.2, 0.25) is 5.02 Å². The van der Waals surface area contributed by atoms with Gasteiger partial charge in [0.15, 0.2) is 0 Å². The maximum atomic E-state index is 7.23. The van der Waals surface area contributed by atoms with Gasteiger partial charge in [0.05, 0.1) is 1.37 Å². The van der Waals surface area contributed by atoms with Gasteiger partial charge in [-0.2, -0.15) is 0 Å². The molecule has 0 spiro atoms. The molecule has 1 aromatic carbocycles. The lowest BCUT2D eigenvalue weighted by Crippen LogP contribution is -1.61. The van der Waals surface area contributed by atoms with Crippen LogP contribution in [0.5, 0.6) is 0 Å². The molecule has 0 fully saturated rings. The second-order valence-electron chi connectivity index (χ2n) is 1.35. The lowest BCUT2D eigenvalue weighted by Gasteiger charge is -1.86. The molecule has 0 unspecified atom stereocenters. The number of benzene rings is 1. The average Bonchev–Trinajstić information content (AvgIpc) is 1.80. The first-order valence-electron chi connectivity index (χ1n) is 2.62. The normalized spacial score (nSPS) is 11.0. The summed E-state index contributed by atoms with van der Waals surface area (Å²) in [5.74, 6) is 0. The Labute approximate surface area is 63.0 Å². The van der Waals surface area contributed by atoms with Gasteiger partial charge in [0, 0.05) is 9.50 Å². The van der Waals surface area contributed by atoms with Gasteiger partial charge in [-0.25, -0.2) is 0 Å². The Balaban J connectivity index is 3.17. The van der Waals surface area contributed by atoms with Crippen LogP contribution in [0.25, 0.3) is 0 Å². The third-order valence-corrected chi connectivity index (χ3v) is 1.47. The Morgan fingerprint density at radius 1 is 1.50 bits per heavy atom. The smallest absolute Gasteiger partial charge is 0.0635 e. The Morgan fingerprint density at radius 3 is 2.75 bits per heavy atom. The second-order valence-corrected chi connectivity index (χ2v) is 2.65. The molecular formula is C6H4BrCl. The van der Waals surface area contributed by atoms with Crippen LogP contribution < -0.4 is 0 Å². The standard InChI is InChI=1S/C6H4BrCl/c7-5-1-3-6(8)4-2-5/h1-4H/i1D. The van der Waals surface area contributed by atoms with Crippen LogP contribution in [0.4, 0.5) is 0 Å². The summed E-state index contributed by atoms with van der Waals surface area (Å²) in [6.45, 7) is 0. The molecule has 0 saturated heterocycles. The van der Waals surface area contributed by atoms with Gasteiger partial charge in [-0.1, -0.05) is 27.5 Å². The monoisotopic (exact) mass is 191 g/mol. The lowest BCUT2D eigenvalue weighted by molar-refractivity contribution is 1.65. The molecule has 0 saturated carbocycles. The van der Waals surface area contributed by atoms with E-state index in [1.807, 2.05) is 0 Å². The molecule has 1 aromatic rings. The van der Waals surface area contributed by atoms with Crippen LogP contribution in [-0.2, 0) is 0 Å². The molecule has 0 radical (unpaired) electrons. The number of halogens is 2. The summed E-state index contributed by atoms with van der Waals surface area (Å²) in [5.41, 5.74) is 0. The predicted octanol–water partition coefficient (Wildman–Crippen LogP) is 3.10. The summed E-state index contributed by atoms with van der Waals surface area (Å²) >= 11 is 8.76. The summed E-state index contributed by atoms with van der Waals surface area (Å²) in [7, 11) is 0. The van der Waals surface area contributed by atoms with Crippen molar-refractivity contribution in [2.75, 3.05) is 0 Å². The molecule has 0 nitrogen and oxygen atoms in total. The van der Waals surface area contributed by atoms with E-state index in [4.69, 9.17) is 13.0 Å². The topological polar surface area (TPSA) is 0 Å². The molecular weight excluding hydrogens is 187 g/mol. The Kier molecular flexibility index (Phi) is 1.52. The molecule has 0 amide bonds. The van der Waals surface area contributed by atoms with Crippen molar-refractivity contribution in [1.29, 1.82) is 0 Å². The van der Waals surface area contributed by atoms with Gasteiger partial charge in [-0.3, -0.25) is 0 Å².